The minimum Gasteiger partial charge on any atom is -0.480 e. The van der Waals surface area contributed by atoms with Crippen LogP contribution in [0.2, 0.25) is 0 Å². The lowest BCUT2D eigenvalue weighted by Gasteiger charge is -2.31. The van der Waals surface area contributed by atoms with Gasteiger partial charge in [0.1, 0.15) is 6.04 Å². The van der Waals surface area contributed by atoms with E-state index in [1.54, 1.807) is 31.2 Å². The van der Waals surface area contributed by atoms with Crippen molar-refractivity contribution in [3.05, 3.63) is 29.8 Å². The highest BCUT2D eigenvalue weighted by Gasteiger charge is 2.34. The number of carboxylic acid groups (broad SMARTS) is 1. The first kappa shape index (κ1) is 21.4. The monoisotopic (exact) mass is 396 g/mol. The van der Waals surface area contributed by atoms with Crippen LogP contribution in [0.25, 0.3) is 0 Å². The number of benzene rings is 1. The van der Waals surface area contributed by atoms with Gasteiger partial charge in [0.05, 0.1) is 4.90 Å². The molecule has 1 amide bonds. The summed E-state index contributed by atoms with van der Waals surface area (Å²) in [5.74, 6) is -1.90. The van der Waals surface area contributed by atoms with Crippen molar-refractivity contribution in [3.8, 4) is 0 Å². The van der Waals surface area contributed by atoms with Crippen LogP contribution in [-0.2, 0) is 19.6 Å². The largest absolute Gasteiger partial charge is 0.480 e. The number of amides is 1. The molecule has 2 N–H and O–H groups in total. The van der Waals surface area contributed by atoms with E-state index < -0.39 is 22.0 Å². The highest BCUT2D eigenvalue weighted by Crippen LogP contribution is 2.24. The molecule has 0 radical (unpaired) electrons. The SMILES string of the molecule is CC[C@@H](C)[C@@H](NC(=O)C1CCN(S(=O)(=O)c2ccc(C)cc2)CC1)C(=O)O. The molecule has 1 aliphatic heterocycles. The summed E-state index contributed by atoms with van der Waals surface area (Å²) in [4.78, 5) is 24.1. The topological polar surface area (TPSA) is 104 Å². The molecule has 7 nitrogen and oxygen atoms in total. The van der Waals surface area contributed by atoms with Crippen molar-refractivity contribution in [2.45, 2.75) is 51.0 Å². The molecule has 1 aliphatic rings. The number of sulfonamides is 1. The predicted molar refractivity (Wildman–Crippen MR) is 102 cm³/mol. The van der Waals surface area contributed by atoms with E-state index in [0.29, 0.717) is 19.3 Å². The Morgan fingerprint density at radius 3 is 2.26 bits per heavy atom. The number of hydrogen-bond acceptors (Lipinski definition) is 4. The van der Waals surface area contributed by atoms with Crippen molar-refractivity contribution in [2.75, 3.05) is 13.1 Å². The average molecular weight is 397 g/mol. The second-order valence-corrected chi connectivity index (χ2v) is 9.14. The first-order valence-corrected chi connectivity index (χ1v) is 10.7. The molecule has 1 aromatic rings. The molecule has 8 heteroatoms. The van der Waals surface area contributed by atoms with Crippen LogP contribution < -0.4 is 5.32 Å². The van der Waals surface area contributed by atoms with Gasteiger partial charge in [-0.05, 0) is 37.8 Å². The maximum atomic E-state index is 12.7. The summed E-state index contributed by atoms with van der Waals surface area (Å²) in [7, 11) is -3.57. The molecule has 27 heavy (non-hydrogen) atoms. The molecular weight excluding hydrogens is 368 g/mol. The van der Waals surface area contributed by atoms with Crippen LogP contribution in [0.1, 0.15) is 38.7 Å². The van der Waals surface area contributed by atoms with Crippen molar-refractivity contribution in [1.29, 1.82) is 0 Å². The average Bonchev–Trinajstić information content (AvgIpc) is 2.65. The van der Waals surface area contributed by atoms with Crippen LogP contribution in [0.15, 0.2) is 29.2 Å². The molecule has 0 aliphatic carbocycles. The molecule has 0 bridgehead atoms. The second kappa shape index (κ2) is 8.84. The van der Waals surface area contributed by atoms with Crippen molar-refractivity contribution in [1.82, 2.24) is 9.62 Å². The molecule has 150 valence electrons. The zero-order valence-electron chi connectivity index (χ0n) is 16.0. The number of aliphatic carboxylic acids is 1. The summed E-state index contributed by atoms with van der Waals surface area (Å²) >= 11 is 0. The van der Waals surface area contributed by atoms with Gasteiger partial charge in [-0.2, -0.15) is 4.31 Å². The van der Waals surface area contributed by atoms with Crippen LogP contribution in [0.5, 0.6) is 0 Å². The number of aryl methyl sites for hydroxylation is 1. The summed E-state index contributed by atoms with van der Waals surface area (Å²) < 4.78 is 26.8. The third-order valence-electron chi connectivity index (χ3n) is 5.26. The van der Waals surface area contributed by atoms with Gasteiger partial charge < -0.3 is 10.4 Å². The van der Waals surface area contributed by atoms with E-state index in [4.69, 9.17) is 0 Å². The predicted octanol–water partition coefficient (Wildman–Crippen LogP) is 2.01. The molecule has 0 spiro atoms. The Kier molecular flexibility index (Phi) is 7.00. The molecule has 1 aromatic carbocycles. The van der Waals surface area contributed by atoms with E-state index in [-0.39, 0.29) is 35.7 Å². The third kappa shape index (κ3) is 5.07. The summed E-state index contributed by atoms with van der Waals surface area (Å²) in [6, 6.07) is 5.78. The van der Waals surface area contributed by atoms with Crippen LogP contribution in [-0.4, -0.2) is 48.8 Å². The van der Waals surface area contributed by atoms with Gasteiger partial charge in [-0.1, -0.05) is 38.0 Å². The van der Waals surface area contributed by atoms with E-state index in [0.717, 1.165) is 5.56 Å². The maximum absolute atomic E-state index is 12.7. The van der Waals surface area contributed by atoms with E-state index in [1.807, 2.05) is 13.8 Å². The molecule has 0 saturated carbocycles. The van der Waals surface area contributed by atoms with Gasteiger partial charge in [-0.3, -0.25) is 4.79 Å². The third-order valence-corrected chi connectivity index (χ3v) is 7.17. The Morgan fingerprint density at radius 2 is 1.78 bits per heavy atom. The Balaban J connectivity index is 1.99. The number of rotatable bonds is 7. The van der Waals surface area contributed by atoms with E-state index >= 15 is 0 Å². The van der Waals surface area contributed by atoms with Gasteiger partial charge in [0.15, 0.2) is 0 Å². The standard InChI is InChI=1S/C19H28N2O5S/c1-4-14(3)17(19(23)24)20-18(22)15-9-11-21(12-10-15)27(25,26)16-7-5-13(2)6-8-16/h5-8,14-15,17H,4,9-12H2,1-3H3,(H,20,22)(H,23,24)/t14-,17-/m1/s1. The van der Waals surface area contributed by atoms with Crippen LogP contribution in [0.4, 0.5) is 0 Å². The molecule has 2 atom stereocenters. The van der Waals surface area contributed by atoms with Crippen molar-refractivity contribution in [3.63, 3.8) is 0 Å². The van der Waals surface area contributed by atoms with Gasteiger partial charge in [0.25, 0.3) is 0 Å². The van der Waals surface area contributed by atoms with E-state index in [9.17, 15) is 23.1 Å². The number of nitrogens with one attached hydrogen (secondary N) is 1. The second-order valence-electron chi connectivity index (χ2n) is 7.20. The van der Waals surface area contributed by atoms with Crippen molar-refractivity contribution >= 4 is 21.9 Å². The van der Waals surface area contributed by atoms with Gasteiger partial charge >= 0.3 is 5.97 Å². The van der Waals surface area contributed by atoms with Crippen LogP contribution in [0.3, 0.4) is 0 Å². The van der Waals surface area contributed by atoms with Gasteiger partial charge in [-0.15, -0.1) is 0 Å². The smallest absolute Gasteiger partial charge is 0.326 e. The van der Waals surface area contributed by atoms with Crippen molar-refractivity contribution < 1.29 is 23.1 Å². The molecule has 1 heterocycles. The molecule has 2 rings (SSSR count). The number of carbonyl (C=O) groups excluding carboxylic acids is 1. The number of nitrogens with zero attached hydrogens (tertiary/aromatic N) is 1. The minimum atomic E-state index is -3.57. The van der Waals surface area contributed by atoms with Gasteiger partial charge in [0, 0.05) is 19.0 Å². The first-order valence-electron chi connectivity index (χ1n) is 9.26. The minimum absolute atomic E-state index is 0.173. The number of piperidine rings is 1. The van der Waals surface area contributed by atoms with Crippen molar-refractivity contribution in [2.24, 2.45) is 11.8 Å². The fourth-order valence-electron chi connectivity index (χ4n) is 3.17. The van der Waals surface area contributed by atoms with E-state index in [2.05, 4.69) is 5.32 Å². The van der Waals surface area contributed by atoms with E-state index in [1.165, 1.54) is 4.31 Å². The molecule has 0 unspecified atom stereocenters. The highest BCUT2D eigenvalue weighted by atomic mass is 32.2. The molecular formula is C19H28N2O5S. The zero-order chi connectivity index (χ0) is 20.2. The quantitative estimate of drug-likeness (QED) is 0.734. The lowest BCUT2D eigenvalue weighted by molar-refractivity contribution is -0.144. The normalized spacial score (nSPS) is 18.6. The molecule has 0 aromatic heterocycles. The highest BCUT2D eigenvalue weighted by molar-refractivity contribution is 7.89. The zero-order valence-corrected chi connectivity index (χ0v) is 16.8. The number of carboxylic acids is 1. The lowest BCUT2D eigenvalue weighted by atomic mass is 9.94. The Morgan fingerprint density at radius 1 is 1.22 bits per heavy atom. The Bertz CT molecular complexity index is 768. The number of carbonyl (C=O) groups is 2. The van der Waals surface area contributed by atoms with Crippen LogP contribution >= 0.6 is 0 Å². The summed E-state index contributed by atoms with van der Waals surface area (Å²) in [6.45, 7) is 6.05. The summed E-state index contributed by atoms with van der Waals surface area (Å²) in [6.07, 6.45) is 1.40. The van der Waals surface area contributed by atoms with Gasteiger partial charge in [0.2, 0.25) is 15.9 Å². The fraction of sp³-hybridized carbons (Fsp3) is 0.579. The lowest BCUT2D eigenvalue weighted by Crippen LogP contribution is -2.49. The molecule has 1 fully saturated rings. The summed E-state index contributed by atoms with van der Waals surface area (Å²) in [5, 5.41) is 11.9. The fourth-order valence-corrected chi connectivity index (χ4v) is 4.64. The van der Waals surface area contributed by atoms with Crippen LogP contribution in [0, 0.1) is 18.8 Å². The van der Waals surface area contributed by atoms with Gasteiger partial charge in [-0.25, -0.2) is 13.2 Å². The Labute approximate surface area is 160 Å². The summed E-state index contributed by atoms with van der Waals surface area (Å²) in [5.41, 5.74) is 0.985. The molecule has 1 saturated heterocycles. The maximum Gasteiger partial charge on any atom is 0.326 e. The first-order chi connectivity index (χ1) is 12.7. The Hall–Kier alpha value is -1.93. The number of hydrogen-bond donors (Lipinski definition) is 2.